The Labute approximate surface area is 117 Å². The fourth-order valence-corrected chi connectivity index (χ4v) is 3.05. The van der Waals surface area contributed by atoms with Crippen molar-refractivity contribution in [1.82, 2.24) is 9.55 Å². The van der Waals surface area contributed by atoms with Crippen LogP contribution in [0.2, 0.25) is 0 Å². The van der Waals surface area contributed by atoms with Gasteiger partial charge in [-0.2, -0.15) is 0 Å². The summed E-state index contributed by atoms with van der Waals surface area (Å²) in [7, 11) is 0. The maximum absolute atomic E-state index is 12.5. The molecule has 1 saturated heterocycles. The van der Waals surface area contributed by atoms with Gasteiger partial charge in [0, 0.05) is 25.0 Å². The van der Waals surface area contributed by atoms with E-state index in [0.29, 0.717) is 12.4 Å². The number of carbonyl (C=O) groups is 1. The van der Waals surface area contributed by atoms with Crippen LogP contribution in [0.1, 0.15) is 38.6 Å². The van der Waals surface area contributed by atoms with E-state index in [2.05, 4.69) is 4.98 Å². The maximum Gasteiger partial charge on any atom is 0.326 e. The lowest BCUT2D eigenvalue weighted by molar-refractivity contribution is -0.140. The highest BCUT2D eigenvalue weighted by atomic mass is 16.4. The number of rotatable bonds is 3. The summed E-state index contributed by atoms with van der Waals surface area (Å²) in [6, 6.07) is -0.381. The van der Waals surface area contributed by atoms with Crippen LogP contribution in [0.5, 0.6) is 0 Å². The molecule has 1 saturated carbocycles. The molecule has 0 aromatic carbocycles. The number of hydrogen-bond donors (Lipinski definition) is 1. The van der Waals surface area contributed by atoms with Gasteiger partial charge in [0.2, 0.25) is 0 Å². The highest BCUT2D eigenvalue weighted by Gasteiger charge is 2.37. The fraction of sp³-hybridized carbons (Fsp3) is 0.643. The molecular formula is C14H19N3O3. The molecule has 3 rings (SSSR count). The minimum Gasteiger partial charge on any atom is -0.480 e. The SMILES string of the molecule is CC1CCCN(c2nccn(C3CC3)c2=O)C1C(=O)O. The Bertz CT molecular complexity index is 579. The second-order valence-electron chi connectivity index (χ2n) is 5.79. The van der Waals surface area contributed by atoms with Crippen molar-refractivity contribution in [3.8, 4) is 0 Å². The monoisotopic (exact) mass is 277 g/mol. The first-order valence-electron chi connectivity index (χ1n) is 7.16. The topological polar surface area (TPSA) is 75.4 Å². The Hall–Kier alpha value is -1.85. The Morgan fingerprint density at radius 2 is 2.15 bits per heavy atom. The van der Waals surface area contributed by atoms with E-state index < -0.39 is 12.0 Å². The molecule has 6 nitrogen and oxygen atoms in total. The zero-order valence-corrected chi connectivity index (χ0v) is 11.5. The molecule has 2 atom stereocenters. The zero-order chi connectivity index (χ0) is 14.3. The molecule has 0 radical (unpaired) electrons. The van der Waals surface area contributed by atoms with Gasteiger partial charge in [-0.1, -0.05) is 6.92 Å². The van der Waals surface area contributed by atoms with E-state index >= 15 is 0 Å². The van der Waals surface area contributed by atoms with Crippen LogP contribution in [0.15, 0.2) is 17.2 Å². The number of hydrogen-bond acceptors (Lipinski definition) is 4. The Balaban J connectivity index is 2.00. The molecule has 1 aromatic rings. The molecule has 0 spiro atoms. The average molecular weight is 277 g/mol. The van der Waals surface area contributed by atoms with E-state index in [1.54, 1.807) is 21.9 Å². The van der Waals surface area contributed by atoms with Crippen LogP contribution in [0.3, 0.4) is 0 Å². The van der Waals surface area contributed by atoms with Gasteiger partial charge in [0.15, 0.2) is 5.82 Å². The van der Waals surface area contributed by atoms with Crippen LogP contribution in [-0.2, 0) is 4.79 Å². The molecule has 20 heavy (non-hydrogen) atoms. The molecule has 2 unspecified atom stereocenters. The van der Waals surface area contributed by atoms with Gasteiger partial charge in [-0.3, -0.25) is 4.79 Å². The molecule has 108 valence electrons. The third-order valence-corrected chi connectivity index (χ3v) is 4.25. The van der Waals surface area contributed by atoms with E-state index in [0.717, 1.165) is 25.7 Å². The summed E-state index contributed by atoms with van der Waals surface area (Å²) < 4.78 is 1.69. The molecule has 2 fully saturated rings. The number of carboxylic acids is 1. The molecule has 1 aliphatic heterocycles. The van der Waals surface area contributed by atoms with Crippen LogP contribution in [0, 0.1) is 5.92 Å². The van der Waals surface area contributed by atoms with Crippen LogP contribution < -0.4 is 10.5 Å². The Morgan fingerprint density at radius 1 is 1.40 bits per heavy atom. The van der Waals surface area contributed by atoms with E-state index in [9.17, 15) is 14.7 Å². The number of piperidine rings is 1. The average Bonchev–Trinajstić information content (AvgIpc) is 3.22. The summed E-state index contributed by atoms with van der Waals surface area (Å²) in [5.41, 5.74) is -0.157. The first kappa shape index (κ1) is 13.1. The van der Waals surface area contributed by atoms with Crippen molar-refractivity contribution >= 4 is 11.8 Å². The van der Waals surface area contributed by atoms with E-state index in [1.807, 2.05) is 6.92 Å². The molecule has 6 heteroatoms. The summed E-state index contributed by atoms with van der Waals surface area (Å²) in [6.45, 7) is 2.51. The van der Waals surface area contributed by atoms with Crippen molar-refractivity contribution in [3.05, 3.63) is 22.7 Å². The summed E-state index contributed by atoms with van der Waals surface area (Å²) in [5, 5.41) is 9.44. The van der Waals surface area contributed by atoms with Crippen LogP contribution >= 0.6 is 0 Å². The van der Waals surface area contributed by atoms with Crippen LogP contribution in [-0.4, -0.2) is 33.2 Å². The molecule has 2 aliphatic rings. The van der Waals surface area contributed by atoms with Gasteiger partial charge in [0.25, 0.3) is 5.56 Å². The minimum absolute atomic E-state index is 0.0250. The van der Waals surface area contributed by atoms with Crippen molar-refractivity contribution in [2.75, 3.05) is 11.4 Å². The lowest BCUT2D eigenvalue weighted by atomic mass is 9.91. The largest absolute Gasteiger partial charge is 0.480 e. The minimum atomic E-state index is -0.875. The predicted octanol–water partition coefficient (Wildman–Crippen LogP) is 1.27. The van der Waals surface area contributed by atoms with Crippen molar-refractivity contribution < 1.29 is 9.90 Å². The highest BCUT2D eigenvalue weighted by molar-refractivity contribution is 5.78. The second kappa shape index (κ2) is 4.92. The standard InChI is InChI=1S/C14H19N3O3/c1-9-3-2-7-17(11(9)14(19)20)12-13(18)16(8-6-15-12)10-4-5-10/h6,8-11H,2-5,7H2,1H3,(H,19,20). The lowest BCUT2D eigenvalue weighted by Gasteiger charge is -2.37. The number of aromatic nitrogens is 2. The van der Waals surface area contributed by atoms with E-state index in [1.165, 1.54) is 0 Å². The Kier molecular flexibility index (Phi) is 3.23. The van der Waals surface area contributed by atoms with Gasteiger partial charge in [-0.25, -0.2) is 9.78 Å². The van der Waals surface area contributed by atoms with Gasteiger partial charge < -0.3 is 14.6 Å². The fourth-order valence-electron chi connectivity index (χ4n) is 3.05. The third kappa shape index (κ3) is 2.19. The first-order valence-corrected chi connectivity index (χ1v) is 7.16. The van der Waals surface area contributed by atoms with Crippen molar-refractivity contribution in [1.29, 1.82) is 0 Å². The molecule has 0 amide bonds. The lowest BCUT2D eigenvalue weighted by Crippen LogP contribution is -2.51. The molecule has 2 heterocycles. The first-order chi connectivity index (χ1) is 9.59. The summed E-state index contributed by atoms with van der Waals surface area (Å²) in [4.78, 5) is 29.9. The van der Waals surface area contributed by atoms with Gasteiger partial charge in [-0.15, -0.1) is 0 Å². The smallest absolute Gasteiger partial charge is 0.326 e. The third-order valence-electron chi connectivity index (χ3n) is 4.25. The van der Waals surface area contributed by atoms with E-state index in [4.69, 9.17) is 0 Å². The summed E-state index contributed by atoms with van der Waals surface area (Å²) in [6.07, 6.45) is 7.10. The molecular weight excluding hydrogens is 258 g/mol. The molecule has 1 aromatic heterocycles. The van der Waals surface area contributed by atoms with Crippen molar-refractivity contribution in [2.24, 2.45) is 5.92 Å². The van der Waals surface area contributed by atoms with Gasteiger partial charge >= 0.3 is 5.97 Å². The number of anilines is 1. The zero-order valence-electron chi connectivity index (χ0n) is 11.5. The number of nitrogens with zero attached hydrogens (tertiary/aromatic N) is 3. The number of aliphatic carboxylic acids is 1. The van der Waals surface area contributed by atoms with Crippen molar-refractivity contribution in [3.63, 3.8) is 0 Å². The van der Waals surface area contributed by atoms with Gasteiger partial charge in [0.05, 0.1) is 0 Å². The predicted molar refractivity (Wildman–Crippen MR) is 73.9 cm³/mol. The maximum atomic E-state index is 12.5. The molecule has 1 aliphatic carbocycles. The summed E-state index contributed by atoms with van der Waals surface area (Å²) in [5.74, 6) is -0.560. The van der Waals surface area contributed by atoms with Crippen LogP contribution in [0.25, 0.3) is 0 Å². The molecule has 1 N–H and O–H groups in total. The van der Waals surface area contributed by atoms with E-state index in [-0.39, 0.29) is 17.5 Å². The van der Waals surface area contributed by atoms with Crippen molar-refractivity contribution in [2.45, 2.75) is 44.7 Å². The highest BCUT2D eigenvalue weighted by Crippen LogP contribution is 2.34. The Morgan fingerprint density at radius 3 is 2.80 bits per heavy atom. The van der Waals surface area contributed by atoms with Gasteiger partial charge in [0.1, 0.15) is 6.04 Å². The number of carboxylic acid groups (broad SMARTS) is 1. The normalized spacial score (nSPS) is 26.6. The quantitative estimate of drug-likeness (QED) is 0.900. The van der Waals surface area contributed by atoms with Crippen LogP contribution in [0.4, 0.5) is 5.82 Å². The second-order valence-corrected chi connectivity index (χ2v) is 5.79. The summed E-state index contributed by atoms with van der Waals surface area (Å²) >= 11 is 0. The molecule has 0 bridgehead atoms. The van der Waals surface area contributed by atoms with Gasteiger partial charge in [-0.05, 0) is 31.6 Å².